The van der Waals surface area contributed by atoms with Gasteiger partial charge in [-0.05, 0) is 129 Å². The van der Waals surface area contributed by atoms with Crippen LogP contribution in [0.3, 0.4) is 0 Å². The van der Waals surface area contributed by atoms with Gasteiger partial charge in [0, 0.05) is 32.0 Å². The Hall–Kier alpha value is -3.26. The molecule has 4 rings (SSSR count). The van der Waals surface area contributed by atoms with Gasteiger partial charge >= 0.3 is 0 Å². The van der Waals surface area contributed by atoms with Crippen molar-refractivity contribution in [3.05, 3.63) is 94.5 Å². The maximum Gasteiger partial charge on any atom is 0.165 e. The second-order valence-electron chi connectivity index (χ2n) is 12.5. The summed E-state index contributed by atoms with van der Waals surface area (Å²) in [7, 11) is 0. The Morgan fingerprint density at radius 2 is 1.11 bits per heavy atom. The molecule has 4 nitrogen and oxygen atoms in total. The average Bonchev–Trinajstić information content (AvgIpc) is 3.06. The molecule has 5 heteroatoms. The molecule has 0 aliphatic carbocycles. The number of fused-ring (bicyclic) bond motifs is 1. The number of unbranched alkanes of at least 4 members (excludes halogenated alkanes) is 4. The van der Waals surface area contributed by atoms with Crippen molar-refractivity contribution in [2.45, 2.75) is 119 Å². The molecule has 0 saturated carbocycles. The number of phenols is 2. The Balaban J connectivity index is 0.000000454. The van der Waals surface area contributed by atoms with E-state index in [1.807, 2.05) is 38.3 Å². The van der Waals surface area contributed by atoms with Crippen LogP contribution in [0.25, 0.3) is 10.8 Å². The van der Waals surface area contributed by atoms with Crippen molar-refractivity contribution < 1.29 is 30.6 Å². The number of aromatic hydroxyl groups is 2. The third-order valence-corrected chi connectivity index (χ3v) is 8.41. The Bertz CT molecular complexity index is 1590. The molecule has 0 heterocycles. The maximum atomic E-state index is 9.53. The van der Waals surface area contributed by atoms with Crippen LogP contribution >= 0.6 is 0 Å². The van der Waals surface area contributed by atoms with Gasteiger partial charge < -0.3 is 10.2 Å². The third kappa shape index (κ3) is 13.0. The van der Waals surface area contributed by atoms with Gasteiger partial charge in [-0.15, -0.1) is 0 Å². The van der Waals surface area contributed by atoms with Gasteiger partial charge in [-0.25, -0.2) is 0 Å². The van der Waals surface area contributed by atoms with E-state index in [2.05, 4.69) is 64.1 Å². The van der Waals surface area contributed by atoms with Gasteiger partial charge in [0.25, 0.3) is 0 Å². The number of phenolic OH excluding ortho intramolecular Hbond substituents is 2. The molecule has 0 unspecified atom stereocenters. The quantitative estimate of drug-likeness (QED) is 0.0727. The van der Waals surface area contributed by atoms with Crippen LogP contribution in [-0.2, 0) is 46.1 Å². The van der Waals surface area contributed by atoms with E-state index >= 15 is 0 Å². The minimum Gasteiger partial charge on any atom is -0.504 e. The molecule has 256 valence electrons. The molecule has 0 aliphatic heterocycles. The van der Waals surface area contributed by atoms with Gasteiger partial charge in [0.05, 0.1) is 17.1 Å². The van der Waals surface area contributed by atoms with Crippen molar-refractivity contribution in [3.8, 4) is 11.5 Å². The van der Waals surface area contributed by atoms with Crippen LogP contribution in [-0.4, -0.2) is 22.1 Å². The zero-order chi connectivity index (χ0) is 33.3. The van der Waals surface area contributed by atoms with Gasteiger partial charge in [0.15, 0.2) is 11.5 Å². The van der Waals surface area contributed by atoms with Crippen LogP contribution in [0.5, 0.6) is 11.5 Å². The summed E-state index contributed by atoms with van der Waals surface area (Å²) in [6.45, 7) is 13.0. The monoisotopic (exact) mass is 726 g/mol. The van der Waals surface area contributed by atoms with Gasteiger partial charge in [-0.3, -0.25) is 9.98 Å². The summed E-state index contributed by atoms with van der Waals surface area (Å²) in [4.78, 5) is 9.63. The topological polar surface area (TPSA) is 65.2 Å². The number of hydrogen-bond donors (Lipinski definition) is 2. The van der Waals surface area contributed by atoms with Gasteiger partial charge in [-0.2, -0.15) is 0 Å². The van der Waals surface area contributed by atoms with Crippen LogP contribution in [0.2, 0.25) is 0 Å². The number of hydrogen-bond acceptors (Lipinski definition) is 4. The van der Waals surface area contributed by atoms with Crippen molar-refractivity contribution in [3.63, 3.8) is 0 Å². The van der Waals surface area contributed by atoms with Crippen LogP contribution < -0.4 is 0 Å². The van der Waals surface area contributed by atoms with E-state index in [9.17, 15) is 10.2 Å². The zero-order valence-corrected chi connectivity index (χ0v) is 31.1. The van der Waals surface area contributed by atoms with Crippen LogP contribution in [0.15, 0.2) is 76.7 Å². The second-order valence-corrected chi connectivity index (χ2v) is 12.5. The fraction of sp³-hybridized carbons (Fsp3) is 0.429. The average molecular weight is 727 g/mol. The Kier molecular flexibility index (Phi) is 18.3. The van der Waals surface area contributed by atoms with E-state index in [4.69, 9.17) is 9.98 Å². The predicted molar refractivity (Wildman–Crippen MR) is 200 cm³/mol. The summed E-state index contributed by atoms with van der Waals surface area (Å²) >= 11 is 0. The van der Waals surface area contributed by atoms with E-state index in [1.165, 1.54) is 92.5 Å². The number of aryl methyl sites for hydroxylation is 5. The van der Waals surface area contributed by atoms with Crippen LogP contribution in [0, 0.1) is 6.92 Å². The Morgan fingerprint density at radius 1 is 0.617 bits per heavy atom. The molecule has 0 bridgehead atoms. The molecular formula is C42H56N2O2Pd. The molecule has 4 aromatic rings. The molecular weight excluding hydrogens is 671 g/mol. The largest absolute Gasteiger partial charge is 0.504 e. The molecule has 0 atom stereocenters. The minimum absolute atomic E-state index is 0. The molecule has 47 heavy (non-hydrogen) atoms. The molecule has 0 amide bonds. The van der Waals surface area contributed by atoms with Crippen LogP contribution in [0.1, 0.15) is 114 Å². The van der Waals surface area contributed by atoms with Crippen LogP contribution in [0.4, 0.5) is 11.4 Å². The normalized spacial score (nSPS) is 11.4. The maximum absolute atomic E-state index is 9.53. The first-order valence-corrected chi connectivity index (χ1v) is 17.5. The van der Waals surface area contributed by atoms with E-state index in [-0.39, 0.29) is 31.9 Å². The van der Waals surface area contributed by atoms with E-state index in [0.717, 1.165) is 40.9 Å². The molecule has 0 fully saturated rings. The molecule has 4 aromatic carbocycles. The van der Waals surface area contributed by atoms with Crippen molar-refractivity contribution >= 4 is 34.1 Å². The van der Waals surface area contributed by atoms with Crippen molar-refractivity contribution in [1.82, 2.24) is 0 Å². The zero-order valence-electron chi connectivity index (χ0n) is 29.5. The van der Waals surface area contributed by atoms with Gasteiger partial charge in [0.2, 0.25) is 0 Å². The first kappa shape index (κ1) is 39.9. The molecule has 0 aromatic heterocycles. The fourth-order valence-corrected chi connectivity index (χ4v) is 5.60. The van der Waals surface area contributed by atoms with Gasteiger partial charge in [0.1, 0.15) is 0 Å². The Morgan fingerprint density at radius 3 is 1.66 bits per heavy atom. The molecule has 0 saturated heterocycles. The summed E-state index contributed by atoms with van der Waals surface area (Å²) in [5.41, 5.74) is 10.0. The first-order chi connectivity index (χ1) is 22.3. The van der Waals surface area contributed by atoms with E-state index in [0.29, 0.717) is 5.39 Å². The van der Waals surface area contributed by atoms with E-state index < -0.39 is 0 Å². The number of nitrogens with zero attached hydrogens (tertiary/aromatic N) is 2. The molecule has 0 spiro atoms. The standard InChI is InChI=1S/C31H46N2.C11H10O2.Pd/c1-6-10-14-26-18-20-30(22-28(26)16-12-8-3)32-24-25(5)33-31-21-19-27(15-11-7-2)29(23-31)17-13-9-4;1-7-2-3-8-4-5-10(12)11(13)9(8)6-7;/h18-24H,6-17H2,1-5H3;2-6,12-13H,1H3;. The Labute approximate surface area is 298 Å². The summed E-state index contributed by atoms with van der Waals surface area (Å²) in [5, 5.41) is 20.4. The predicted octanol–water partition coefficient (Wildman–Crippen LogP) is 12.1. The van der Waals surface area contributed by atoms with Gasteiger partial charge in [-0.1, -0.05) is 89.3 Å². The summed E-state index contributed by atoms with van der Waals surface area (Å²) in [6, 6.07) is 22.5. The van der Waals surface area contributed by atoms with Crippen molar-refractivity contribution in [1.29, 1.82) is 0 Å². The molecule has 0 radical (unpaired) electrons. The fourth-order valence-electron chi connectivity index (χ4n) is 5.60. The molecule has 0 aliphatic rings. The van der Waals surface area contributed by atoms with Crippen molar-refractivity contribution in [2.24, 2.45) is 9.98 Å². The SMILES string of the molecule is CCCCc1ccc(N=CC(C)=Nc2ccc(CCCC)c(CCCC)c2)cc1CCCC.Cc1ccc2ccc(O)c(O)c2c1.[Pd]. The summed E-state index contributed by atoms with van der Waals surface area (Å²) < 4.78 is 0. The third-order valence-electron chi connectivity index (χ3n) is 8.41. The number of benzene rings is 4. The smallest absolute Gasteiger partial charge is 0.165 e. The molecule has 2 N–H and O–H groups in total. The first-order valence-electron chi connectivity index (χ1n) is 17.5. The van der Waals surface area contributed by atoms with Crippen molar-refractivity contribution in [2.75, 3.05) is 0 Å². The van der Waals surface area contributed by atoms with E-state index in [1.54, 1.807) is 6.07 Å². The second kappa shape index (κ2) is 21.6. The summed E-state index contributed by atoms with van der Waals surface area (Å²) in [5.74, 6) is -0.112. The number of rotatable bonds is 15. The summed E-state index contributed by atoms with van der Waals surface area (Å²) in [6.07, 6.45) is 16.5. The minimum atomic E-state index is -0.0712. The number of aliphatic imine (C=N–C) groups is 2.